The first-order valence-corrected chi connectivity index (χ1v) is 6.77. The fraction of sp³-hybridized carbons (Fsp3) is 0.125. The van der Waals surface area contributed by atoms with E-state index in [1.54, 1.807) is 31.3 Å². The van der Waals surface area contributed by atoms with Crippen LogP contribution < -0.4 is 5.32 Å². The summed E-state index contributed by atoms with van der Waals surface area (Å²) in [5.74, 6) is -0.249. The van der Waals surface area contributed by atoms with Crippen LogP contribution in [0.5, 0.6) is 0 Å². The Morgan fingerprint density at radius 2 is 1.90 bits per heavy atom. The van der Waals surface area contributed by atoms with E-state index in [1.807, 2.05) is 0 Å². The van der Waals surface area contributed by atoms with Gasteiger partial charge in [-0.15, -0.1) is 0 Å². The van der Waals surface area contributed by atoms with Crippen LogP contribution in [0, 0.1) is 11.6 Å². The predicted octanol–water partition coefficient (Wildman–Crippen LogP) is 4.67. The third-order valence-electron chi connectivity index (χ3n) is 3.34. The molecule has 0 radical (unpaired) electrons. The van der Waals surface area contributed by atoms with Gasteiger partial charge in [-0.05, 0) is 43.4 Å². The summed E-state index contributed by atoms with van der Waals surface area (Å²) in [5, 5.41) is 3.97. The molecule has 0 fully saturated rings. The molecule has 1 heterocycles. The number of fused-ring (bicyclic) bond motifs is 1. The maximum Gasteiger partial charge on any atom is 0.134 e. The van der Waals surface area contributed by atoms with Gasteiger partial charge in [0.25, 0.3) is 0 Å². The Morgan fingerprint density at radius 3 is 2.62 bits per heavy atom. The highest BCUT2D eigenvalue weighted by Crippen LogP contribution is 2.30. The third-order valence-corrected chi connectivity index (χ3v) is 3.58. The number of hydrogen-bond acceptors (Lipinski definition) is 2. The van der Waals surface area contributed by atoms with E-state index in [-0.39, 0.29) is 5.82 Å². The van der Waals surface area contributed by atoms with Crippen molar-refractivity contribution in [2.45, 2.75) is 6.04 Å². The maximum atomic E-state index is 14.1. The molecule has 1 unspecified atom stereocenters. The van der Waals surface area contributed by atoms with Gasteiger partial charge in [0, 0.05) is 16.0 Å². The zero-order chi connectivity index (χ0) is 15.0. The fourth-order valence-corrected chi connectivity index (χ4v) is 2.52. The van der Waals surface area contributed by atoms with Crippen LogP contribution in [0.25, 0.3) is 11.0 Å². The average Bonchev–Trinajstić information content (AvgIpc) is 2.84. The van der Waals surface area contributed by atoms with Gasteiger partial charge in [0.05, 0.1) is 6.04 Å². The smallest absolute Gasteiger partial charge is 0.134 e. The Morgan fingerprint density at radius 1 is 1.10 bits per heavy atom. The van der Waals surface area contributed by atoms with Crippen LogP contribution in [-0.2, 0) is 0 Å². The van der Waals surface area contributed by atoms with Gasteiger partial charge < -0.3 is 9.73 Å². The first-order chi connectivity index (χ1) is 10.1. The molecule has 0 saturated heterocycles. The van der Waals surface area contributed by atoms with Crippen molar-refractivity contribution in [2.75, 3.05) is 7.05 Å². The molecule has 1 aromatic heterocycles. The molecule has 0 amide bonds. The minimum Gasteiger partial charge on any atom is -0.459 e. The number of halogens is 3. The predicted molar refractivity (Wildman–Crippen MR) is 78.5 cm³/mol. The van der Waals surface area contributed by atoms with E-state index in [1.165, 1.54) is 18.2 Å². The quantitative estimate of drug-likeness (QED) is 0.760. The third kappa shape index (κ3) is 2.64. The highest BCUT2D eigenvalue weighted by atomic mass is 35.5. The van der Waals surface area contributed by atoms with Gasteiger partial charge in [0.2, 0.25) is 0 Å². The van der Waals surface area contributed by atoms with Crippen molar-refractivity contribution < 1.29 is 13.2 Å². The fourth-order valence-electron chi connectivity index (χ4n) is 2.36. The molecule has 108 valence electrons. The van der Waals surface area contributed by atoms with Gasteiger partial charge in [0.15, 0.2) is 0 Å². The monoisotopic (exact) mass is 307 g/mol. The summed E-state index contributed by atoms with van der Waals surface area (Å²) in [6.07, 6.45) is 0. The van der Waals surface area contributed by atoms with Crippen LogP contribution in [0.3, 0.4) is 0 Å². The van der Waals surface area contributed by atoms with Crippen molar-refractivity contribution in [3.63, 3.8) is 0 Å². The molecule has 0 saturated carbocycles. The number of nitrogens with one attached hydrogen (secondary N) is 1. The van der Waals surface area contributed by atoms with E-state index >= 15 is 0 Å². The topological polar surface area (TPSA) is 25.2 Å². The molecular formula is C16H12ClF2NO. The van der Waals surface area contributed by atoms with Crippen LogP contribution in [-0.4, -0.2) is 7.05 Å². The highest BCUT2D eigenvalue weighted by molar-refractivity contribution is 6.30. The lowest BCUT2D eigenvalue weighted by Gasteiger charge is -2.15. The number of benzene rings is 2. The van der Waals surface area contributed by atoms with E-state index in [0.717, 1.165) is 0 Å². The average molecular weight is 308 g/mol. The first-order valence-electron chi connectivity index (χ1n) is 6.39. The van der Waals surface area contributed by atoms with Crippen molar-refractivity contribution in [2.24, 2.45) is 0 Å². The van der Waals surface area contributed by atoms with Crippen LogP contribution >= 0.6 is 11.6 Å². The summed E-state index contributed by atoms with van der Waals surface area (Å²) in [7, 11) is 1.70. The molecule has 0 aliphatic carbocycles. The summed E-state index contributed by atoms with van der Waals surface area (Å²) in [6, 6.07) is 9.97. The van der Waals surface area contributed by atoms with Crippen molar-refractivity contribution in [3.05, 3.63) is 70.4 Å². The van der Waals surface area contributed by atoms with Gasteiger partial charge in [0.1, 0.15) is 23.0 Å². The van der Waals surface area contributed by atoms with Crippen molar-refractivity contribution in [1.29, 1.82) is 0 Å². The van der Waals surface area contributed by atoms with E-state index < -0.39 is 11.9 Å². The van der Waals surface area contributed by atoms with E-state index in [0.29, 0.717) is 27.3 Å². The highest BCUT2D eigenvalue weighted by Gasteiger charge is 2.20. The normalized spacial score (nSPS) is 12.8. The van der Waals surface area contributed by atoms with Gasteiger partial charge in [-0.2, -0.15) is 0 Å². The Labute approximate surface area is 125 Å². The Balaban J connectivity index is 2.09. The summed E-state index contributed by atoms with van der Waals surface area (Å²) < 4.78 is 33.0. The molecule has 5 heteroatoms. The second-order valence-corrected chi connectivity index (χ2v) is 5.15. The lowest BCUT2D eigenvalue weighted by Crippen LogP contribution is -2.18. The summed E-state index contributed by atoms with van der Waals surface area (Å²) in [4.78, 5) is 0. The molecule has 0 aliphatic rings. The summed E-state index contributed by atoms with van der Waals surface area (Å²) >= 11 is 5.77. The van der Waals surface area contributed by atoms with Gasteiger partial charge >= 0.3 is 0 Å². The largest absolute Gasteiger partial charge is 0.459 e. The number of hydrogen-bond donors (Lipinski definition) is 1. The summed E-state index contributed by atoms with van der Waals surface area (Å²) in [6.45, 7) is 0. The minimum atomic E-state index is -0.474. The van der Waals surface area contributed by atoms with Crippen molar-refractivity contribution in [3.8, 4) is 0 Å². The molecule has 3 rings (SSSR count). The Kier molecular flexibility index (Phi) is 3.66. The first kappa shape index (κ1) is 14.0. The molecule has 1 N–H and O–H groups in total. The van der Waals surface area contributed by atoms with Crippen LogP contribution in [0.2, 0.25) is 5.02 Å². The lowest BCUT2D eigenvalue weighted by atomic mass is 10.0. The molecule has 1 atom stereocenters. The van der Waals surface area contributed by atoms with Gasteiger partial charge in [-0.3, -0.25) is 0 Å². The number of furan rings is 1. The number of rotatable bonds is 3. The van der Waals surface area contributed by atoms with Crippen LogP contribution in [0.1, 0.15) is 17.4 Å². The van der Waals surface area contributed by atoms with Gasteiger partial charge in [-0.25, -0.2) is 8.78 Å². The zero-order valence-corrected chi connectivity index (χ0v) is 11.9. The Bertz CT molecular complexity index is 800. The molecule has 21 heavy (non-hydrogen) atoms. The molecular weight excluding hydrogens is 296 g/mol. The molecule has 2 nitrogen and oxygen atoms in total. The van der Waals surface area contributed by atoms with E-state index in [2.05, 4.69) is 5.32 Å². The Hall–Kier alpha value is -1.91. The summed E-state index contributed by atoms with van der Waals surface area (Å²) in [5.41, 5.74) is 0.974. The minimum absolute atomic E-state index is 0.331. The van der Waals surface area contributed by atoms with Crippen LogP contribution in [0.15, 0.2) is 46.9 Å². The SMILES string of the molecule is CNC(c1cc2cc(F)ccc2o1)c1ccc(Cl)cc1F. The lowest BCUT2D eigenvalue weighted by molar-refractivity contribution is 0.476. The molecule has 0 aliphatic heterocycles. The van der Waals surface area contributed by atoms with Gasteiger partial charge in [-0.1, -0.05) is 17.7 Å². The second kappa shape index (κ2) is 5.47. The van der Waals surface area contributed by atoms with E-state index in [4.69, 9.17) is 16.0 Å². The maximum absolute atomic E-state index is 14.1. The van der Waals surface area contributed by atoms with E-state index in [9.17, 15) is 8.78 Å². The van der Waals surface area contributed by atoms with Crippen LogP contribution in [0.4, 0.5) is 8.78 Å². The molecule has 0 bridgehead atoms. The zero-order valence-electron chi connectivity index (χ0n) is 11.2. The second-order valence-electron chi connectivity index (χ2n) is 4.72. The molecule has 2 aromatic carbocycles. The van der Waals surface area contributed by atoms with Crippen molar-refractivity contribution >= 4 is 22.6 Å². The standard InChI is InChI=1S/C16H12ClF2NO/c1-20-16(12-4-2-10(17)8-13(12)19)15-7-9-6-11(18)3-5-14(9)21-15/h2-8,16,20H,1H3. The molecule has 0 spiro atoms. The van der Waals surface area contributed by atoms with Crippen molar-refractivity contribution in [1.82, 2.24) is 5.32 Å². The molecule has 3 aromatic rings.